The summed E-state index contributed by atoms with van der Waals surface area (Å²) in [6.45, 7) is 6.91. The second-order valence-electron chi connectivity index (χ2n) is 6.18. The van der Waals surface area contributed by atoms with Gasteiger partial charge in [-0.2, -0.15) is 0 Å². The van der Waals surface area contributed by atoms with Crippen LogP contribution in [-0.4, -0.2) is 42.0 Å². The highest BCUT2D eigenvalue weighted by atomic mass is 79.9. The van der Waals surface area contributed by atoms with Crippen LogP contribution in [0.25, 0.3) is 11.3 Å². The lowest BCUT2D eigenvalue weighted by molar-refractivity contribution is -0.127. The molecule has 1 aliphatic rings. The van der Waals surface area contributed by atoms with Gasteiger partial charge >= 0.3 is 0 Å². The van der Waals surface area contributed by atoms with Crippen molar-refractivity contribution in [3.63, 3.8) is 0 Å². The predicted octanol–water partition coefficient (Wildman–Crippen LogP) is 4.74. The Morgan fingerprint density at radius 2 is 1.88 bits per heavy atom. The molecule has 0 bridgehead atoms. The summed E-state index contributed by atoms with van der Waals surface area (Å²) in [5.74, 6) is 0.123. The Balaban J connectivity index is 1.62. The number of benzene rings is 1. The molecule has 1 aromatic carbocycles. The average molecular weight is 432 g/mol. The zero-order chi connectivity index (χ0) is 18.5. The first kappa shape index (κ1) is 18.9. The van der Waals surface area contributed by atoms with Crippen molar-refractivity contribution in [1.29, 1.82) is 0 Å². The summed E-state index contributed by atoms with van der Waals surface area (Å²) in [4.78, 5) is 21.4. The van der Waals surface area contributed by atoms with Crippen LogP contribution in [0.2, 0.25) is 0 Å². The molecule has 0 spiro atoms. The number of aromatic nitrogens is 1. The van der Waals surface area contributed by atoms with Gasteiger partial charge in [-0.25, -0.2) is 4.98 Å². The maximum atomic E-state index is 12.5. The summed E-state index contributed by atoms with van der Waals surface area (Å²) in [7, 11) is 0. The molecular weight excluding hydrogens is 410 g/mol. The van der Waals surface area contributed by atoms with E-state index in [0.717, 1.165) is 52.6 Å². The van der Waals surface area contributed by atoms with Crippen molar-refractivity contribution in [2.24, 2.45) is 0 Å². The van der Waals surface area contributed by atoms with E-state index in [4.69, 9.17) is 4.98 Å². The van der Waals surface area contributed by atoms with Crippen LogP contribution in [0.15, 0.2) is 57.9 Å². The predicted molar refractivity (Wildman–Crippen MR) is 113 cm³/mol. The van der Waals surface area contributed by atoms with E-state index in [-0.39, 0.29) is 5.91 Å². The Morgan fingerprint density at radius 1 is 1.19 bits per heavy atom. The van der Waals surface area contributed by atoms with Crippen LogP contribution in [-0.2, 0) is 4.79 Å². The van der Waals surface area contributed by atoms with Crippen molar-refractivity contribution in [2.45, 2.75) is 13.8 Å². The number of halogens is 1. The van der Waals surface area contributed by atoms with E-state index >= 15 is 0 Å². The SMILES string of the molecule is C/C=C\C=C(/C)C(=O)N1CCN(c2nc(-c3ccc(Br)cc3)cs2)CC1. The van der Waals surface area contributed by atoms with Crippen LogP contribution >= 0.6 is 27.3 Å². The third-order valence-corrected chi connectivity index (χ3v) is 5.78. The van der Waals surface area contributed by atoms with Gasteiger partial charge in [0.25, 0.3) is 0 Å². The minimum atomic E-state index is 0.123. The highest BCUT2D eigenvalue weighted by molar-refractivity contribution is 9.10. The van der Waals surface area contributed by atoms with Gasteiger partial charge in [-0.05, 0) is 26.0 Å². The molecule has 1 aromatic heterocycles. The molecule has 1 amide bonds. The van der Waals surface area contributed by atoms with Gasteiger partial charge in [0.1, 0.15) is 0 Å². The van der Waals surface area contributed by atoms with Crippen LogP contribution in [0.4, 0.5) is 5.13 Å². The first-order valence-corrected chi connectivity index (χ1v) is 10.3. The molecule has 0 atom stereocenters. The summed E-state index contributed by atoms with van der Waals surface area (Å²) >= 11 is 5.12. The molecular formula is C20H22BrN3OS. The number of allylic oxidation sites excluding steroid dienone is 3. The number of piperazine rings is 1. The number of carbonyl (C=O) groups is 1. The number of nitrogens with zero attached hydrogens (tertiary/aromatic N) is 3. The van der Waals surface area contributed by atoms with Crippen molar-refractivity contribution in [1.82, 2.24) is 9.88 Å². The quantitative estimate of drug-likeness (QED) is 0.517. The Labute approximate surface area is 167 Å². The van der Waals surface area contributed by atoms with E-state index in [1.165, 1.54) is 0 Å². The monoisotopic (exact) mass is 431 g/mol. The summed E-state index contributed by atoms with van der Waals surface area (Å²) in [5.41, 5.74) is 2.90. The first-order valence-electron chi connectivity index (χ1n) is 8.64. The van der Waals surface area contributed by atoms with Crippen molar-refractivity contribution in [3.8, 4) is 11.3 Å². The number of rotatable bonds is 4. The van der Waals surface area contributed by atoms with Crippen molar-refractivity contribution in [2.75, 3.05) is 31.1 Å². The number of hydrogen-bond donors (Lipinski definition) is 0. The van der Waals surface area contributed by atoms with Gasteiger partial charge in [-0.15, -0.1) is 11.3 Å². The number of anilines is 1. The highest BCUT2D eigenvalue weighted by Crippen LogP contribution is 2.29. The van der Waals surface area contributed by atoms with Gasteiger partial charge in [-0.3, -0.25) is 4.79 Å². The number of amides is 1. The van der Waals surface area contributed by atoms with E-state index in [9.17, 15) is 4.79 Å². The molecule has 0 unspecified atom stereocenters. The maximum Gasteiger partial charge on any atom is 0.249 e. The Hall–Kier alpha value is -1.92. The summed E-state index contributed by atoms with van der Waals surface area (Å²) in [6.07, 6.45) is 5.71. The van der Waals surface area contributed by atoms with Crippen molar-refractivity contribution in [3.05, 3.63) is 57.9 Å². The molecule has 1 aliphatic heterocycles. The van der Waals surface area contributed by atoms with Gasteiger partial charge in [0, 0.05) is 47.2 Å². The summed E-state index contributed by atoms with van der Waals surface area (Å²) < 4.78 is 1.07. The molecule has 3 rings (SSSR count). The Morgan fingerprint density at radius 3 is 2.54 bits per heavy atom. The normalized spacial score (nSPS) is 15.7. The van der Waals surface area contributed by atoms with Crippen molar-refractivity contribution >= 4 is 38.3 Å². The van der Waals surface area contributed by atoms with Crippen LogP contribution in [0, 0.1) is 0 Å². The third-order valence-electron chi connectivity index (χ3n) is 4.35. The van der Waals surface area contributed by atoms with Gasteiger partial charge in [0.05, 0.1) is 5.69 Å². The molecule has 2 aromatic rings. The third kappa shape index (κ3) is 4.43. The van der Waals surface area contributed by atoms with Crippen LogP contribution in [0.1, 0.15) is 13.8 Å². The molecule has 2 heterocycles. The first-order chi connectivity index (χ1) is 12.6. The lowest BCUT2D eigenvalue weighted by atomic mass is 10.2. The molecule has 136 valence electrons. The van der Waals surface area contributed by atoms with E-state index in [0.29, 0.717) is 0 Å². The lowest BCUT2D eigenvalue weighted by Crippen LogP contribution is -2.49. The van der Waals surface area contributed by atoms with Crippen LogP contribution in [0.5, 0.6) is 0 Å². The lowest BCUT2D eigenvalue weighted by Gasteiger charge is -2.34. The minimum Gasteiger partial charge on any atom is -0.345 e. The second-order valence-corrected chi connectivity index (χ2v) is 7.93. The van der Waals surface area contributed by atoms with Gasteiger partial charge < -0.3 is 9.80 Å². The number of thiazole rings is 1. The molecule has 1 saturated heterocycles. The largest absolute Gasteiger partial charge is 0.345 e. The topological polar surface area (TPSA) is 36.4 Å². The van der Waals surface area contributed by atoms with Crippen molar-refractivity contribution < 1.29 is 4.79 Å². The van der Waals surface area contributed by atoms with Gasteiger partial charge in [0.15, 0.2) is 5.13 Å². The molecule has 26 heavy (non-hydrogen) atoms. The molecule has 1 fully saturated rings. The fraction of sp³-hybridized carbons (Fsp3) is 0.300. The molecule has 0 N–H and O–H groups in total. The molecule has 0 radical (unpaired) electrons. The molecule has 0 aliphatic carbocycles. The fourth-order valence-corrected chi connectivity index (χ4v) is 3.98. The van der Waals surface area contributed by atoms with Crippen LogP contribution in [0.3, 0.4) is 0 Å². The summed E-state index contributed by atoms with van der Waals surface area (Å²) in [6, 6.07) is 8.20. The zero-order valence-corrected chi connectivity index (χ0v) is 17.4. The zero-order valence-electron chi connectivity index (χ0n) is 15.0. The Bertz CT molecular complexity index is 818. The Kier molecular flexibility index (Phi) is 6.27. The van der Waals surface area contributed by atoms with Gasteiger partial charge in [-0.1, -0.05) is 46.3 Å². The maximum absolute atomic E-state index is 12.5. The second kappa shape index (κ2) is 8.64. The molecule has 0 saturated carbocycles. The fourth-order valence-electron chi connectivity index (χ4n) is 2.82. The smallest absolute Gasteiger partial charge is 0.249 e. The van der Waals surface area contributed by atoms with E-state index in [1.807, 2.05) is 49.1 Å². The van der Waals surface area contributed by atoms with Crippen LogP contribution < -0.4 is 4.90 Å². The molecule has 6 heteroatoms. The number of hydrogen-bond acceptors (Lipinski definition) is 4. The number of carbonyl (C=O) groups excluding carboxylic acids is 1. The summed E-state index contributed by atoms with van der Waals surface area (Å²) in [5, 5.41) is 3.12. The highest BCUT2D eigenvalue weighted by Gasteiger charge is 2.23. The van der Waals surface area contributed by atoms with E-state index in [2.05, 4.69) is 38.3 Å². The minimum absolute atomic E-state index is 0.123. The average Bonchev–Trinajstić information content (AvgIpc) is 3.16. The standard InChI is InChI=1S/C20H22BrN3OS/c1-3-4-5-15(2)19(25)23-10-12-24(13-11-23)20-22-18(14-26-20)16-6-8-17(21)9-7-16/h3-9,14H,10-13H2,1-2H3/b4-3-,15-5+. The van der Waals surface area contributed by atoms with E-state index in [1.54, 1.807) is 11.3 Å². The van der Waals surface area contributed by atoms with E-state index < -0.39 is 0 Å². The van der Waals surface area contributed by atoms with Gasteiger partial charge in [0.2, 0.25) is 5.91 Å². The molecule has 4 nitrogen and oxygen atoms in total.